The van der Waals surface area contributed by atoms with Gasteiger partial charge in [0.2, 0.25) is 0 Å². The van der Waals surface area contributed by atoms with Crippen LogP contribution in [0.2, 0.25) is 0 Å². The molecular formula is C43H76O5. The number of Topliss-reactive ketones (excluding diaryl/α,β-unsaturated/α-hetero) is 1. The van der Waals surface area contributed by atoms with Crippen molar-refractivity contribution in [3.63, 3.8) is 0 Å². The van der Waals surface area contributed by atoms with Crippen molar-refractivity contribution in [3.8, 4) is 0 Å². The lowest BCUT2D eigenvalue weighted by Gasteiger charge is -2.62. The quantitative estimate of drug-likeness (QED) is 0.0943. The number of fused-ring (bicyclic) bond motifs is 5. The van der Waals surface area contributed by atoms with Crippen molar-refractivity contribution >= 4 is 11.8 Å². The number of hydrogen-bond acceptors (Lipinski definition) is 4. The van der Waals surface area contributed by atoms with Gasteiger partial charge in [-0.3, -0.25) is 9.59 Å². The summed E-state index contributed by atoms with van der Waals surface area (Å²) in [7, 11) is 0. The number of aliphatic hydroxyl groups is 1. The SMILES string of the molecule is C[C@]12CCC(=O)C[C@@H]1CC[C@@H]1[C@@H]2[C@@H](OCCCCCCCCCCCCCCCCCCCCCCCC(=O)O)C[C@]2(C)[C@@H](O)CC[C@@H]12. The van der Waals surface area contributed by atoms with Crippen molar-refractivity contribution in [2.24, 2.45) is 34.5 Å². The predicted molar refractivity (Wildman–Crippen MR) is 197 cm³/mol. The number of carboxylic acids is 1. The first kappa shape index (κ1) is 39.8. The van der Waals surface area contributed by atoms with Gasteiger partial charge in [-0.2, -0.15) is 0 Å². The van der Waals surface area contributed by atoms with Crippen molar-refractivity contribution in [1.82, 2.24) is 0 Å². The second kappa shape index (κ2) is 20.8. The molecule has 0 amide bonds. The molecule has 2 N–H and O–H groups in total. The molecule has 0 aliphatic heterocycles. The minimum Gasteiger partial charge on any atom is -0.481 e. The molecule has 0 aromatic rings. The first-order chi connectivity index (χ1) is 23.3. The van der Waals surface area contributed by atoms with Gasteiger partial charge in [-0.1, -0.05) is 136 Å². The number of unbranched alkanes of at least 4 members (excludes halogenated alkanes) is 20. The normalized spacial score (nSPS) is 32.9. The molecule has 4 aliphatic rings. The molecule has 0 aromatic heterocycles. The molecule has 4 fully saturated rings. The van der Waals surface area contributed by atoms with Gasteiger partial charge in [0.05, 0.1) is 12.2 Å². The zero-order valence-corrected chi connectivity index (χ0v) is 31.5. The Hall–Kier alpha value is -0.940. The van der Waals surface area contributed by atoms with Crippen molar-refractivity contribution < 1.29 is 24.5 Å². The van der Waals surface area contributed by atoms with E-state index in [0.717, 1.165) is 58.0 Å². The molecule has 48 heavy (non-hydrogen) atoms. The molecule has 0 unspecified atom stereocenters. The van der Waals surface area contributed by atoms with E-state index in [9.17, 15) is 14.7 Å². The molecule has 4 rings (SSSR count). The average molecular weight is 673 g/mol. The van der Waals surface area contributed by atoms with Gasteiger partial charge in [-0.05, 0) is 85.9 Å². The summed E-state index contributed by atoms with van der Waals surface area (Å²) in [6.07, 6.45) is 36.1. The molecule has 0 heterocycles. The lowest BCUT2D eigenvalue weighted by molar-refractivity contribution is -0.192. The topological polar surface area (TPSA) is 83.8 Å². The highest BCUT2D eigenvalue weighted by Crippen LogP contribution is 2.66. The van der Waals surface area contributed by atoms with Gasteiger partial charge >= 0.3 is 5.97 Å². The Morgan fingerprint density at radius 2 is 1.19 bits per heavy atom. The van der Waals surface area contributed by atoms with Crippen molar-refractivity contribution in [2.75, 3.05) is 6.61 Å². The summed E-state index contributed by atoms with van der Waals surface area (Å²) in [5.41, 5.74) is 0.235. The van der Waals surface area contributed by atoms with Crippen LogP contribution < -0.4 is 0 Å². The number of hydrogen-bond donors (Lipinski definition) is 2. The average Bonchev–Trinajstić information content (AvgIpc) is 3.36. The summed E-state index contributed by atoms with van der Waals surface area (Å²) < 4.78 is 6.85. The Kier molecular flexibility index (Phi) is 17.3. The van der Waals surface area contributed by atoms with Crippen molar-refractivity contribution in [1.29, 1.82) is 0 Å². The minimum atomic E-state index is -0.658. The van der Waals surface area contributed by atoms with Gasteiger partial charge in [-0.15, -0.1) is 0 Å². The third-order valence-electron chi connectivity index (χ3n) is 14.2. The summed E-state index contributed by atoms with van der Waals surface area (Å²) in [6, 6.07) is 0. The van der Waals surface area contributed by atoms with Gasteiger partial charge < -0.3 is 14.9 Å². The van der Waals surface area contributed by atoms with Crippen molar-refractivity contribution in [2.45, 2.75) is 219 Å². The van der Waals surface area contributed by atoms with Crippen LogP contribution >= 0.6 is 0 Å². The lowest BCUT2D eigenvalue weighted by Crippen LogP contribution is -2.60. The number of ketones is 1. The second-order valence-corrected chi connectivity index (χ2v) is 17.6. The van der Waals surface area contributed by atoms with Crippen LogP contribution in [0.5, 0.6) is 0 Å². The van der Waals surface area contributed by atoms with E-state index in [0.29, 0.717) is 35.9 Å². The molecule has 4 saturated carbocycles. The summed E-state index contributed by atoms with van der Waals surface area (Å²) in [5.74, 6) is 2.20. The van der Waals surface area contributed by atoms with Crippen molar-refractivity contribution in [3.05, 3.63) is 0 Å². The number of rotatable bonds is 25. The number of ether oxygens (including phenoxy) is 1. The molecular weight excluding hydrogens is 596 g/mol. The molecule has 4 aliphatic carbocycles. The Labute approximate surface area is 295 Å². The smallest absolute Gasteiger partial charge is 0.303 e. The Morgan fingerprint density at radius 1 is 0.688 bits per heavy atom. The van der Waals surface area contributed by atoms with E-state index in [-0.39, 0.29) is 23.0 Å². The summed E-state index contributed by atoms with van der Waals surface area (Å²) in [6.45, 7) is 5.74. The van der Waals surface area contributed by atoms with Crippen LogP contribution in [-0.2, 0) is 14.3 Å². The highest BCUT2D eigenvalue weighted by molar-refractivity contribution is 5.79. The number of aliphatic carboxylic acids is 1. The molecule has 278 valence electrons. The second-order valence-electron chi connectivity index (χ2n) is 17.6. The van der Waals surface area contributed by atoms with Gasteiger partial charge in [-0.25, -0.2) is 0 Å². The van der Waals surface area contributed by atoms with E-state index in [1.165, 1.54) is 135 Å². The van der Waals surface area contributed by atoms with Crippen LogP contribution in [0.15, 0.2) is 0 Å². The van der Waals surface area contributed by atoms with E-state index >= 15 is 0 Å². The Morgan fingerprint density at radius 3 is 1.71 bits per heavy atom. The third kappa shape index (κ3) is 11.5. The van der Waals surface area contributed by atoms with Crippen LogP contribution in [-0.4, -0.2) is 40.8 Å². The molecule has 8 atom stereocenters. The molecule has 0 aromatic carbocycles. The molecule has 5 heteroatoms. The Bertz CT molecular complexity index is 934. The Balaban J connectivity index is 0.971. The predicted octanol–water partition coefficient (Wildman–Crippen LogP) is 11.6. The molecule has 0 bridgehead atoms. The summed E-state index contributed by atoms with van der Waals surface area (Å²) in [5, 5.41) is 19.8. The van der Waals surface area contributed by atoms with Gasteiger partial charge in [0.15, 0.2) is 0 Å². The molecule has 0 spiro atoms. The fourth-order valence-corrected chi connectivity index (χ4v) is 11.2. The maximum Gasteiger partial charge on any atom is 0.303 e. The zero-order valence-electron chi connectivity index (χ0n) is 31.5. The van der Waals surface area contributed by atoms with Crippen LogP contribution in [0.4, 0.5) is 0 Å². The van der Waals surface area contributed by atoms with Gasteiger partial charge in [0, 0.05) is 25.9 Å². The van der Waals surface area contributed by atoms with Gasteiger partial charge in [0.25, 0.3) is 0 Å². The first-order valence-electron chi connectivity index (χ1n) is 21.3. The van der Waals surface area contributed by atoms with E-state index in [1.807, 2.05) is 0 Å². The minimum absolute atomic E-state index is 0.00797. The van der Waals surface area contributed by atoms with E-state index < -0.39 is 5.97 Å². The fraction of sp³-hybridized carbons (Fsp3) is 0.953. The largest absolute Gasteiger partial charge is 0.481 e. The zero-order chi connectivity index (χ0) is 34.2. The van der Waals surface area contributed by atoms with Crippen LogP contribution in [0.1, 0.15) is 206 Å². The molecule has 5 nitrogen and oxygen atoms in total. The third-order valence-corrected chi connectivity index (χ3v) is 14.2. The van der Waals surface area contributed by atoms with E-state index in [2.05, 4.69) is 13.8 Å². The number of aliphatic hydroxyl groups excluding tert-OH is 1. The fourth-order valence-electron chi connectivity index (χ4n) is 11.2. The maximum atomic E-state index is 12.4. The first-order valence-corrected chi connectivity index (χ1v) is 21.3. The highest BCUT2D eigenvalue weighted by atomic mass is 16.5. The summed E-state index contributed by atoms with van der Waals surface area (Å²) in [4.78, 5) is 22.9. The molecule has 0 radical (unpaired) electrons. The number of carbonyl (C=O) groups is 2. The monoisotopic (exact) mass is 673 g/mol. The van der Waals surface area contributed by atoms with E-state index in [4.69, 9.17) is 9.84 Å². The van der Waals surface area contributed by atoms with Crippen LogP contribution in [0, 0.1) is 34.5 Å². The standard InChI is InChI=1S/C43H76O5/c1-42-30-29-35(44)32-34(42)25-26-36-37-27-28-39(45)43(37,2)33-38(41(36)42)48-31-23-21-19-17-15-13-11-9-7-5-3-4-6-8-10-12-14-16-18-20-22-24-40(46)47/h34,36-39,41,45H,3-33H2,1-2H3,(H,46,47)/t34-,36-,37-,38-,39-,41+,42-,43-/m0/s1. The number of carboxylic acid groups (broad SMARTS) is 1. The summed E-state index contributed by atoms with van der Waals surface area (Å²) >= 11 is 0. The van der Waals surface area contributed by atoms with Crippen LogP contribution in [0.3, 0.4) is 0 Å². The molecule has 0 saturated heterocycles. The maximum absolute atomic E-state index is 12.4. The lowest BCUT2D eigenvalue weighted by atomic mass is 9.44. The van der Waals surface area contributed by atoms with Crippen LogP contribution in [0.25, 0.3) is 0 Å². The van der Waals surface area contributed by atoms with E-state index in [1.54, 1.807) is 0 Å². The number of carbonyl (C=O) groups excluding carboxylic acids is 1. The highest BCUT2D eigenvalue weighted by Gasteiger charge is 2.63. The van der Waals surface area contributed by atoms with Gasteiger partial charge in [0.1, 0.15) is 5.78 Å².